The van der Waals surface area contributed by atoms with Crippen LogP contribution < -0.4 is 16.7 Å². The molecule has 3 N–H and O–H groups in total. The standard InChI is InChI=1S/C20H11Cl2N3O2/c21-9-1-3-15-11(5-9)19(26)12-8-18-14(7-16(12)24-15)20(27)13-6-10(22)2-4-17(13)25(18)23/h1-8H,23H2,(H,24,26). The van der Waals surface area contributed by atoms with Gasteiger partial charge in [0.1, 0.15) is 0 Å². The van der Waals surface area contributed by atoms with Crippen molar-refractivity contribution in [3.63, 3.8) is 0 Å². The van der Waals surface area contributed by atoms with E-state index >= 15 is 0 Å². The molecule has 0 unspecified atom stereocenters. The highest BCUT2D eigenvalue weighted by molar-refractivity contribution is 6.31. The molecule has 0 amide bonds. The van der Waals surface area contributed by atoms with Gasteiger partial charge in [-0.1, -0.05) is 23.2 Å². The van der Waals surface area contributed by atoms with E-state index < -0.39 is 0 Å². The molecule has 0 fully saturated rings. The Hall–Kier alpha value is -3.02. The van der Waals surface area contributed by atoms with E-state index in [1.54, 1.807) is 48.5 Å². The van der Waals surface area contributed by atoms with Crippen LogP contribution in [0.5, 0.6) is 0 Å². The highest BCUT2D eigenvalue weighted by atomic mass is 35.5. The van der Waals surface area contributed by atoms with Gasteiger partial charge in [-0.15, -0.1) is 0 Å². The molecule has 5 aromatic rings. The number of H-pyrrole nitrogens is 1. The zero-order valence-corrected chi connectivity index (χ0v) is 15.2. The normalized spacial score (nSPS) is 11.8. The van der Waals surface area contributed by atoms with Crippen molar-refractivity contribution in [1.82, 2.24) is 9.66 Å². The molecule has 132 valence electrons. The summed E-state index contributed by atoms with van der Waals surface area (Å²) in [5.41, 5.74) is 1.84. The predicted molar refractivity (Wildman–Crippen MR) is 112 cm³/mol. The van der Waals surface area contributed by atoms with Crippen molar-refractivity contribution in [2.45, 2.75) is 0 Å². The van der Waals surface area contributed by atoms with Gasteiger partial charge in [0.15, 0.2) is 10.9 Å². The lowest BCUT2D eigenvalue weighted by molar-refractivity contribution is 1.10. The summed E-state index contributed by atoms with van der Waals surface area (Å²) in [6, 6.07) is 13.3. The van der Waals surface area contributed by atoms with Crippen molar-refractivity contribution < 1.29 is 0 Å². The van der Waals surface area contributed by atoms with Crippen LogP contribution >= 0.6 is 23.2 Å². The van der Waals surface area contributed by atoms with E-state index in [2.05, 4.69) is 4.98 Å². The summed E-state index contributed by atoms with van der Waals surface area (Å²) >= 11 is 12.1. The van der Waals surface area contributed by atoms with Crippen molar-refractivity contribution in [3.8, 4) is 0 Å². The molecule has 0 atom stereocenters. The summed E-state index contributed by atoms with van der Waals surface area (Å²) in [6.45, 7) is 0. The monoisotopic (exact) mass is 395 g/mol. The average Bonchev–Trinajstić information content (AvgIpc) is 2.66. The van der Waals surface area contributed by atoms with Crippen LogP contribution in [0.2, 0.25) is 10.0 Å². The fourth-order valence-corrected chi connectivity index (χ4v) is 3.88. The third-order valence-corrected chi connectivity index (χ3v) is 5.31. The lowest BCUT2D eigenvalue weighted by Gasteiger charge is -2.12. The molecule has 3 aromatic carbocycles. The molecule has 2 aromatic heterocycles. The summed E-state index contributed by atoms with van der Waals surface area (Å²) in [5, 5.41) is 2.68. The Morgan fingerprint density at radius 2 is 1.30 bits per heavy atom. The quantitative estimate of drug-likeness (QED) is 0.305. The number of aromatic amines is 1. The fourth-order valence-electron chi connectivity index (χ4n) is 3.54. The number of hydrogen-bond donors (Lipinski definition) is 2. The molecule has 0 saturated heterocycles. The first-order valence-electron chi connectivity index (χ1n) is 8.12. The third-order valence-electron chi connectivity index (χ3n) is 4.84. The number of benzene rings is 3. The van der Waals surface area contributed by atoms with Crippen molar-refractivity contribution >= 4 is 66.8 Å². The molecule has 0 aliphatic carbocycles. The molecule has 0 radical (unpaired) electrons. The van der Waals surface area contributed by atoms with Crippen molar-refractivity contribution in [2.24, 2.45) is 0 Å². The third kappa shape index (κ3) is 2.25. The topological polar surface area (TPSA) is 80.9 Å². The van der Waals surface area contributed by atoms with Crippen LogP contribution in [0.4, 0.5) is 0 Å². The first kappa shape index (κ1) is 16.2. The summed E-state index contributed by atoms with van der Waals surface area (Å²) in [5.74, 6) is 6.25. The molecule has 27 heavy (non-hydrogen) atoms. The van der Waals surface area contributed by atoms with Gasteiger partial charge >= 0.3 is 0 Å². The number of nitrogen functional groups attached to an aromatic ring is 1. The van der Waals surface area contributed by atoms with E-state index in [4.69, 9.17) is 29.0 Å². The van der Waals surface area contributed by atoms with E-state index in [1.807, 2.05) is 0 Å². The molecule has 7 heteroatoms. The van der Waals surface area contributed by atoms with Gasteiger partial charge in [-0.3, -0.25) is 14.3 Å². The second-order valence-electron chi connectivity index (χ2n) is 6.42. The Morgan fingerprint density at radius 1 is 0.704 bits per heavy atom. The maximum Gasteiger partial charge on any atom is 0.197 e. The first-order valence-corrected chi connectivity index (χ1v) is 8.88. The summed E-state index contributed by atoms with van der Waals surface area (Å²) in [6.07, 6.45) is 0. The van der Waals surface area contributed by atoms with Gasteiger partial charge in [0.2, 0.25) is 0 Å². The Balaban J connectivity index is 2.04. The number of nitrogens with zero attached hydrogens (tertiary/aromatic N) is 1. The molecule has 0 aliphatic heterocycles. The Bertz CT molecular complexity index is 1550. The van der Waals surface area contributed by atoms with E-state index in [0.717, 1.165) is 0 Å². The van der Waals surface area contributed by atoms with Crippen molar-refractivity contribution in [3.05, 3.63) is 79.0 Å². The lowest BCUT2D eigenvalue weighted by Crippen LogP contribution is -2.18. The molecule has 0 saturated carbocycles. The minimum atomic E-state index is -0.192. The number of halogens is 2. The Kier molecular flexibility index (Phi) is 3.29. The minimum Gasteiger partial charge on any atom is -0.354 e. The van der Waals surface area contributed by atoms with Gasteiger partial charge in [-0.05, 0) is 48.5 Å². The van der Waals surface area contributed by atoms with Crippen LogP contribution in [0.15, 0.2) is 58.1 Å². The van der Waals surface area contributed by atoms with Crippen LogP contribution in [0.1, 0.15) is 0 Å². The second kappa shape index (κ2) is 5.49. The summed E-state index contributed by atoms with van der Waals surface area (Å²) in [4.78, 5) is 29.2. The van der Waals surface area contributed by atoms with Gasteiger partial charge in [0.05, 0.1) is 21.9 Å². The number of aromatic nitrogens is 2. The molecule has 5 nitrogen and oxygen atoms in total. The Morgan fingerprint density at radius 3 is 2.07 bits per heavy atom. The minimum absolute atomic E-state index is 0.174. The molecular formula is C20H11Cl2N3O2. The number of fused-ring (bicyclic) bond motifs is 4. The second-order valence-corrected chi connectivity index (χ2v) is 7.29. The van der Waals surface area contributed by atoms with E-state index in [9.17, 15) is 9.59 Å². The SMILES string of the molecule is Nn1c2ccc(Cl)cc2c(=O)c2cc3[nH]c4ccc(Cl)cc4c(=O)c3cc21. The Labute approximate surface area is 161 Å². The smallest absolute Gasteiger partial charge is 0.197 e. The van der Waals surface area contributed by atoms with Crippen LogP contribution in [-0.4, -0.2) is 9.66 Å². The first-order chi connectivity index (χ1) is 12.9. The van der Waals surface area contributed by atoms with Crippen LogP contribution in [-0.2, 0) is 0 Å². The summed E-state index contributed by atoms with van der Waals surface area (Å²) < 4.78 is 1.41. The molecule has 0 aliphatic rings. The zero-order chi connectivity index (χ0) is 18.9. The van der Waals surface area contributed by atoms with E-state index in [1.165, 1.54) is 4.68 Å². The number of hydrogen-bond acceptors (Lipinski definition) is 3. The highest BCUT2D eigenvalue weighted by Crippen LogP contribution is 2.25. The van der Waals surface area contributed by atoms with Gasteiger partial charge in [-0.2, -0.15) is 0 Å². The molecule has 5 rings (SSSR count). The maximum absolute atomic E-state index is 13.0. The summed E-state index contributed by atoms with van der Waals surface area (Å²) in [7, 11) is 0. The lowest BCUT2D eigenvalue weighted by atomic mass is 10.1. The maximum atomic E-state index is 13.0. The van der Waals surface area contributed by atoms with Gasteiger partial charge in [0.25, 0.3) is 0 Å². The number of pyridine rings is 2. The largest absolute Gasteiger partial charge is 0.354 e. The number of nitrogens with one attached hydrogen (secondary N) is 1. The van der Waals surface area contributed by atoms with Gasteiger partial charge < -0.3 is 10.8 Å². The fraction of sp³-hybridized carbons (Fsp3) is 0. The van der Waals surface area contributed by atoms with Crippen LogP contribution in [0.3, 0.4) is 0 Å². The number of rotatable bonds is 0. The average molecular weight is 396 g/mol. The van der Waals surface area contributed by atoms with Crippen LogP contribution in [0.25, 0.3) is 43.6 Å². The van der Waals surface area contributed by atoms with Crippen molar-refractivity contribution in [2.75, 3.05) is 5.84 Å². The van der Waals surface area contributed by atoms with Gasteiger partial charge in [0, 0.05) is 31.7 Å². The number of nitrogens with two attached hydrogens (primary N) is 1. The highest BCUT2D eigenvalue weighted by Gasteiger charge is 2.14. The van der Waals surface area contributed by atoms with Gasteiger partial charge in [-0.25, -0.2) is 0 Å². The molecule has 0 spiro atoms. The molecular weight excluding hydrogens is 385 g/mol. The molecule has 2 heterocycles. The van der Waals surface area contributed by atoms with Crippen LogP contribution in [0, 0.1) is 0 Å². The predicted octanol–water partition coefficient (Wildman–Crippen LogP) is 4.17. The van der Waals surface area contributed by atoms with E-state index in [-0.39, 0.29) is 10.9 Å². The molecule has 0 bridgehead atoms. The van der Waals surface area contributed by atoms with E-state index in [0.29, 0.717) is 53.7 Å². The zero-order valence-electron chi connectivity index (χ0n) is 13.7. The van der Waals surface area contributed by atoms with Crippen molar-refractivity contribution in [1.29, 1.82) is 0 Å².